The molecule has 0 amide bonds. The Balaban J connectivity index is 1.25. The highest BCUT2D eigenvalue weighted by Gasteiger charge is 2.23. The molecule has 2 aliphatic rings. The van der Waals surface area contributed by atoms with Crippen molar-refractivity contribution < 1.29 is 9.26 Å². The number of rotatable bonds is 6. The quantitative estimate of drug-likeness (QED) is 0.614. The zero-order chi connectivity index (χ0) is 20.5. The molecule has 1 saturated heterocycles. The molecule has 3 heterocycles. The van der Waals surface area contributed by atoms with Crippen LogP contribution in [0.2, 0.25) is 0 Å². The number of piperazine rings is 1. The Hall–Kier alpha value is -2.74. The maximum Gasteiger partial charge on any atom is 0.240 e. The van der Waals surface area contributed by atoms with Crippen LogP contribution in [0.5, 0.6) is 5.88 Å². The average Bonchev–Trinajstić information content (AvgIpc) is 3.20. The van der Waals surface area contributed by atoms with Crippen LogP contribution in [0.3, 0.4) is 0 Å². The van der Waals surface area contributed by atoms with E-state index < -0.39 is 0 Å². The van der Waals surface area contributed by atoms with E-state index in [9.17, 15) is 0 Å². The molecule has 0 spiro atoms. The van der Waals surface area contributed by atoms with Crippen LogP contribution in [-0.2, 0) is 6.54 Å². The number of nitrogens with zero attached hydrogens (tertiary/aromatic N) is 6. The summed E-state index contributed by atoms with van der Waals surface area (Å²) in [5.74, 6) is 2.48. The zero-order valence-electron chi connectivity index (χ0n) is 17.6. The van der Waals surface area contributed by atoms with Gasteiger partial charge in [0.1, 0.15) is 12.4 Å². The van der Waals surface area contributed by atoms with Crippen LogP contribution in [0.4, 0.5) is 5.69 Å². The molecule has 0 bridgehead atoms. The largest absolute Gasteiger partial charge is 0.474 e. The smallest absolute Gasteiger partial charge is 0.240 e. The van der Waals surface area contributed by atoms with Crippen LogP contribution in [0.15, 0.2) is 29.0 Å². The molecule has 8 nitrogen and oxygen atoms in total. The third-order valence-corrected chi connectivity index (χ3v) is 6.01. The summed E-state index contributed by atoms with van der Waals surface area (Å²) in [5.41, 5.74) is 2.12. The number of ether oxygens (including phenoxy) is 1. The van der Waals surface area contributed by atoms with Gasteiger partial charge in [-0.05, 0) is 37.5 Å². The molecule has 0 radical (unpaired) electrons. The summed E-state index contributed by atoms with van der Waals surface area (Å²) in [6.07, 6.45) is 5.37. The summed E-state index contributed by atoms with van der Waals surface area (Å²) in [6, 6.07) is 6.38. The van der Waals surface area contributed by atoms with Gasteiger partial charge < -0.3 is 14.2 Å². The molecule has 8 heteroatoms. The van der Waals surface area contributed by atoms with Crippen molar-refractivity contribution in [3.63, 3.8) is 0 Å². The molecule has 2 aromatic heterocycles. The first kappa shape index (κ1) is 19.2. The van der Waals surface area contributed by atoms with E-state index in [2.05, 4.69) is 62.0 Å². The predicted molar refractivity (Wildman–Crippen MR) is 114 cm³/mol. The second kappa shape index (κ2) is 8.18. The summed E-state index contributed by atoms with van der Waals surface area (Å²) >= 11 is 0. The molecule has 2 fully saturated rings. The Labute approximate surface area is 176 Å². The lowest BCUT2D eigenvalue weighted by Gasteiger charge is -2.35. The normalized spacial score (nSPS) is 18.2. The summed E-state index contributed by atoms with van der Waals surface area (Å²) < 4.78 is 11.5. The van der Waals surface area contributed by atoms with E-state index in [1.165, 1.54) is 12.1 Å². The van der Waals surface area contributed by atoms with Crippen LogP contribution >= 0.6 is 0 Å². The average molecular weight is 409 g/mol. The number of anilines is 1. The molecule has 1 aromatic carbocycles. The molecule has 0 atom stereocenters. The lowest BCUT2D eigenvalue weighted by molar-refractivity contribution is 0.116. The van der Waals surface area contributed by atoms with Gasteiger partial charge in [-0.1, -0.05) is 19.0 Å². The predicted octanol–water partition coefficient (Wildman–Crippen LogP) is 3.39. The van der Waals surface area contributed by atoms with Gasteiger partial charge in [-0.25, -0.2) is 9.97 Å². The van der Waals surface area contributed by atoms with Crippen LogP contribution < -0.4 is 9.64 Å². The maximum absolute atomic E-state index is 6.11. The van der Waals surface area contributed by atoms with E-state index >= 15 is 0 Å². The van der Waals surface area contributed by atoms with E-state index in [1.807, 2.05) is 0 Å². The molecule has 0 N–H and O–H groups in total. The van der Waals surface area contributed by atoms with Gasteiger partial charge in [0.05, 0.1) is 17.4 Å². The first-order chi connectivity index (χ1) is 14.7. The fourth-order valence-electron chi connectivity index (χ4n) is 3.88. The van der Waals surface area contributed by atoms with Crippen molar-refractivity contribution in [1.82, 2.24) is 25.0 Å². The molecular weight excluding hydrogens is 380 g/mol. The molecule has 1 aliphatic heterocycles. The molecule has 1 saturated carbocycles. The van der Waals surface area contributed by atoms with Crippen molar-refractivity contribution in [2.24, 2.45) is 0 Å². The van der Waals surface area contributed by atoms with Crippen molar-refractivity contribution in [2.75, 3.05) is 31.1 Å². The first-order valence-electron chi connectivity index (χ1n) is 10.9. The van der Waals surface area contributed by atoms with Crippen LogP contribution in [0.25, 0.3) is 10.9 Å². The van der Waals surface area contributed by atoms with Gasteiger partial charge in [0, 0.05) is 37.8 Å². The molecule has 3 aromatic rings. The summed E-state index contributed by atoms with van der Waals surface area (Å²) in [4.78, 5) is 18.1. The van der Waals surface area contributed by atoms with E-state index in [4.69, 9.17) is 9.26 Å². The highest BCUT2D eigenvalue weighted by molar-refractivity contribution is 5.86. The second-order valence-corrected chi connectivity index (χ2v) is 8.52. The number of benzene rings is 1. The van der Waals surface area contributed by atoms with Crippen molar-refractivity contribution in [2.45, 2.75) is 51.7 Å². The SMILES string of the molecule is CC(C)c1noc(CN2CCN(c3ccc4ncnc(OC5CCC5)c4c3)CC2)n1. The Morgan fingerprint density at radius 3 is 2.67 bits per heavy atom. The van der Waals surface area contributed by atoms with E-state index in [-0.39, 0.29) is 5.92 Å². The molecule has 0 unspecified atom stereocenters. The van der Waals surface area contributed by atoms with Gasteiger partial charge in [0.25, 0.3) is 0 Å². The van der Waals surface area contributed by atoms with Crippen molar-refractivity contribution in [3.8, 4) is 5.88 Å². The summed E-state index contributed by atoms with van der Waals surface area (Å²) in [5, 5.41) is 5.06. The molecule has 1 aliphatic carbocycles. The van der Waals surface area contributed by atoms with E-state index in [1.54, 1.807) is 6.33 Å². The van der Waals surface area contributed by atoms with Gasteiger partial charge >= 0.3 is 0 Å². The standard InChI is InChI=1S/C22H28N6O2/c1-15(2)21-25-20(30-26-21)13-27-8-10-28(11-9-27)16-6-7-19-18(12-16)22(24-14-23-19)29-17-4-3-5-17/h6-7,12,14-15,17H,3-5,8-11,13H2,1-2H3. The summed E-state index contributed by atoms with van der Waals surface area (Å²) in [7, 11) is 0. The van der Waals surface area contributed by atoms with Gasteiger partial charge in [-0.2, -0.15) is 4.98 Å². The van der Waals surface area contributed by atoms with E-state index in [0.717, 1.165) is 55.7 Å². The zero-order valence-corrected chi connectivity index (χ0v) is 17.6. The van der Waals surface area contributed by atoms with Crippen molar-refractivity contribution in [1.29, 1.82) is 0 Å². The monoisotopic (exact) mass is 408 g/mol. The minimum Gasteiger partial charge on any atom is -0.474 e. The second-order valence-electron chi connectivity index (χ2n) is 8.52. The highest BCUT2D eigenvalue weighted by atomic mass is 16.5. The first-order valence-corrected chi connectivity index (χ1v) is 10.9. The van der Waals surface area contributed by atoms with Gasteiger partial charge in [0.15, 0.2) is 5.82 Å². The number of fused-ring (bicyclic) bond motifs is 1. The van der Waals surface area contributed by atoms with E-state index in [0.29, 0.717) is 24.4 Å². The van der Waals surface area contributed by atoms with Gasteiger partial charge in [-0.3, -0.25) is 4.90 Å². The number of hydrogen-bond acceptors (Lipinski definition) is 8. The lowest BCUT2D eigenvalue weighted by atomic mass is 9.96. The topological polar surface area (TPSA) is 80.4 Å². The molecule has 158 valence electrons. The minimum absolute atomic E-state index is 0.286. The van der Waals surface area contributed by atoms with Crippen molar-refractivity contribution >= 4 is 16.6 Å². The molecular formula is C22H28N6O2. The Bertz CT molecular complexity index is 1010. The fraction of sp³-hybridized carbons (Fsp3) is 0.545. The maximum atomic E-state index is 6.11. The molecule has 30 heavy (non-hydrogen) atoms. The van der Waals surface area contributed by atoms with Crippen LogP contribution in [0.1, 0.15) is 50.7 Å². The van der Waals surface area contributed by atoms with Gasteiger partial charge in [0.2, 0.25) is 11.8 Å². The number of hydrogen-bond donors (Lipinski definition) is 0. The Morgan fingerprint density at radius 2 is 1.97 bits per heavy atom. The number of aromatic nitrogens is 4. The minimum atomic E-state index is 0.286. The van der Waals surface area contributed by atoms with Gasteiger partial charge in [-0.15, -0.1) is 0 Å². The fourth-order valence-corrected chi connectivity index (χ4v) is 3.88. The Morgan fingerprint density at radius 1 is 1.13 bits per heavy atom. The summed E-state index contributed by atoms with van der Waals surface area (Å²) in [6.45, 7) is 8.66. The molecule has 5 rings (SSSR count). The Kier molecular flexibility index (Phi) is 5.25. The van der Waals surface area contributed by atoms with Crippen LogP contribution in [-0.4, -0.2) is 57.3 Å². The third-order valence-electron chi connectivity index (χ3n) is 6.01. The van der Waals surface area contributed by atoms with Crippen LogP contribution in [0, 0.1) is 0 Å². The highest BCUT2D eigenvalue weighted by Crippen LogP contribution is 2.31. The lowest BCUT2D eigenvalue weighted by Crippen LogP contribution is -2.46. The van der Waals surface area contributed by atoms with Crippen molar-refractivity contribution in [3.05, 3.63) is 36.2 Å². The third kappa shape index (κ3) is 3.96.